The summed E-state index contributed by atoms with van der Waals surface area (Å²) in [6.07, 6.45) is 0.457. The van der Waals surface area contributed by atoms with Crippen LogP contribution in [0.5, 0.6) is 34.5 Å². The highest BCUT2D eigenvalue weighted by Crippen LogP contribution is 2.36. The van der Waals surface area contributed by atoms with E-state index in [1.165, 1.54) is 20.3 Å². The number of benzene rings is 2. The van der Waals surface area contributed by atoms with Crippen LogP contribution >= 0.6 is 0 Å². The van der Waals surface area contributed by atoms with Crippen LogP contribution in [0, 0.1) is 0 Å². The van der Waals surface area contributed by atoms with Crippen LogP contribution in [0.4, 0.5) is 0 Å². The van der Waals surface area contributed by atoms with Crippen molar-refractivity contribution in [3.63, 3.8) is 0 Å². The second-order valence-electron chi connectivity index (χ2n) is 4.56. The minimum Gasteiger partial charge on any atom is -0.504 e. The fourth-order valence-electron chi connectivity index (χ4n) is 1.68. The van der Waals surface area contributed by atoms with Crippen molar-refractivity contribution in [1.29, 1.82) is 0 Å². The van der Waals surface area contributed by atoms with Gasteiger partial charge in [0.15, 0.2) is 28.7 Å². The van der Waals surface area contributed by atoms with Crippen LogP contribution in [0.25, 0.3) is 0 Å². The first kappa shape index (κ1) is 19.4. The number of carbonyl (C=O) groups is 2. The van der Waals surface area contributed by atoms with Gasteiger partial charge < -0.3 is 35.0 Å². The maximum Gasteiger partial charge on any atom is 0.338 e. The third-order valence-electron chi connectivity index (χ3n) is 2.92. The van der Waals surface area contributed by atoms with Gasteiger partial charge in [0.05, 0.1) is 19.8 Å². The van der Waals surface area contributed by atoms with Crippen molar-refractivity contribution in [3.05, 3.63) is 35.4 Å². The normalized spacial score (nSPS) is 9.52. The molecule has 5 N–H and O–H groups in total. The summed E-state index contributed by atoms with van der Waals surface area (Å²) < 4.78 is 9.19. The Morgan fingerprint density at radius 3 is 1.84 bits per heavy atom. The molecule has 0 aromatic heterocycles. The second kappa shape index (κ2) is 8.29. The molecule has 0 spiro atoms. The Morgan fingerprint density at radius 2 is 1.40 bits per heavy atom. The maximum absolute atomic E-state index is 11.1. The van der Waals surface area contributed by atoms with Gasteiger partial charge in [0.1, 0.15) is 6.29 Å². The van der Waals surface area contributed by atoms with Crippen molar-refractivity contribution in [2.45, 2.75) is 0 Å². The Balaban J connectivity index is 0.000000257. The smallest absolute Gasteiger partial charge is 0.338 e. The maximum atomic E-state index is 11.1. The van der Waals surface area contributed by atoms with Gasteiger partial charge in [0.25, 0.3) is 0 Å². The summed E-state index contributed by atoms with van der Waals surface area (Å²) in [7, 11) is 2.54. The molecule has 0 amide bonds. The lowest BCUT2D eigenvalue weighted by atomic mass is 10.2. The van der Waals surface area contributed by atoms with E-state index in [1.54, 1.807) is 0 Å². The molecule has 2 aromatic carbocycles. The third-order valence-corrected chi connectivity index (χ3v) is 2.92. The standard InChI is InChI=1S/C9H10O5.C7H6O4/c1-13-7-4-5(9(12)14-2)3-6(10)8(7)11;8-3-4-1-5(9)7(11)6(10)2-4/h3-4,10-11H,1-2H3;1-3,9-11H. The average Bonchev–Trinajstić information content (AvgIpc) is 2.61. The highest BCUT2D eigenvalue weighted by atomic mass is 16.5. The van der Waals surface area contributed by atoms with E-state index in [4.69, 9.17) is 20.1 Å². The van der Waals surface area contributed by atoms with Crippen LogP contribution in [0.15, 0.2) is 24.3 Å². The van der Waals surface area contributed by atoms with E-state index in [0.29, 0.717) is 6.29 Å². The molecule has 0 aliphatic carbocycles. The molecule has 2 aromatic rings. The van der Waals surface area contributed by atoms with Gasteiger partial charge >= 0.3 is 5.97 Å². The first-order valence-electron chi connectivity index (χ1n) is 6.63. The zero-order valence-corrected chi connectivity index (χ0v) is 13.3. The van der Waals surface area contributed by atoms with Gasteiger partial charge in [-0.15, -0.1) is 0 Å². The molecule has 0 unspecified atom stereocenters. The summed E-state index contributed by atoms with van der Waals surface area (Å²) in [5.74, 6) is -3.05. The van der Waals surface area contributed by atoms with Gasteiger partial charge in [-0.1, -0.05) is 0 Å². The number of phenolic OH excluding ortho intramolecular Hbond substituents is 5. The number of aldehydes is 1. The Morgan fingerprint density at radius 1 is 0.880 bits per heavy atom. The lowest BCUT2D eigenvalue weighted by Gasteiger charge is -2.07. The van der Waals surface area contributed by atoms with Gasteiger partial charge in [0.2, 0.25) is 5.75 Å². The molecule has 0 aliphatic heterocycles. The molecule has 25 heavy (non-hydrogen) atoms. The van der Waals surface area contributed by atoms with Crippen LogP contribution in [0.1, 0.15) is 20.7 Å². The van der Waals surface area contributed by atoms with Gasteiger partial charge in [0, 0.05) is 5.56 Å². The molecule has 2 rings (SSSR count). The van der Waals surface area contributed by atoms with E-state index in [1.807, 2.05) is 0 Å². The number of rotatable bonds is 3. The van der Waals surface area contributed by atoms with Crippen LogP contribution in [-0.2, 0) is 4.74 Å². The molecule has 0 saturated heterocycles. The number of esters is 1. The highest BCUT2D eigenvalue weighted by Gasteiger charge is 2.14. The van der Waals surface area contributed by atoms with E-state index in [9.17, 15) is 19.8 Å². The summed E-state index contributed by atoms with van der Waals surface area (Å²) in [6, 6.07) is 4.49. The quantitative estimate of drug-likeness (QED) is 0.314. The van der Waals surface area contributed by atoms with E-state index < -0.39 is 34.7 Å². The van der Waals surface area contributed by atoms with E-state index in [0.717, 1.165) is 18.2 Å². The number of aromatic hydroxyl groups is 5. The minimum absolute atomic E-state index is 0.0189. The van der Waals surface area contributed by atoms with Crippen molar-refractivity contribution in [2.24, 2.45) is 0 Å². The van der Waals surface area contributed by atoms with Gasteiger partial charge in [-0.3, -0.25) is 4.79 Å². The van der Waals surface area contributed by atoms with Crippen molar-refractivity contribution >= 4 is 12.3 Å². The molecule has 0 fully saturated rings. The number of carbonyl (C=O) groups excluding carboxylic acids is 2. The minimum atomic E-state index is -0.615. The molecule has 0 atom stereocenters. The van der Waals surface area contributed by atoms with E-state index in [-0.39, 0.29) is 16.9 Å². The van der Waals surface area contributed by atoms with Crippen molar-refractivity contribution in [2.75, 3.05) is 14.2 Å². The van der Waals surface area contributed by atoms with Crippen molar-refractivity contribution < 1.29 is 44.6 Å². The molecule has 0 aliphatic rings. The molecule has 0 bridgehead atoms. The SMILES string of the molecule is COC(=O)c1cc(O)c(O)c(OC)c1.O=Cc1cc(O)c(O)c(O)c1. The zero-order valence-electron chi connectivity index (χ0n) is 13.3. The van der Waals surface area contributed by atoms with Gasteiger partial charge in [-0.25, -0.2) is 4.79 Å². The van der Waals surface area contributed by atoms with E-state index in [2.05, 4.69) is 4.74 Å². The molecule has 9 nitrogen and oxygen atoms in total. The predicted octanol–water partition coefficient (Wildman–Crippen LogP) is 1.51. The third kappa shape index (κ3) is 4.67. The largest absolute Gasteiger partial charge is 0.504 e. The fourth-order valence-corrected chi connectivity index (χ4v) is 1.68. The Kier molecular flexibility index (Phi) is 6.44. The lowest BCUT2D eigenvalue weighted by Crippen LogP contribution is -2.01. The number of hydrogen-bond donors (Lipinski definition) is 5. The molecular formula is C16H16O9. The van der Waals surface area contributed by atoms with E-state index >= 15 is 0 Å². The molecule has 0 saturated carbocycles. The summed E-state index contributed by atoms with van der Waals surface area (Å²) in [5.41, 5.74) is 0.220. The van der Waals surface area contributed by atoms with Crippen LogP contribution in [0.3, 0.4) is 0 Å². The Hall–Kier alpha value is -3.62. The summed E-state index contributed by atoms with van der Waals surface area (Å²) in [6.45, 7) is 0. The topological polar surface area (TPSA) is 154 Å². The number of methoxy groups -OCH3 is 2. The Labute approximate surface area is 141 Å². The van der Waals surface area contributed by atoms with Crippen LogP contribution < -0.4 is 4.74 Å². The number of hydrogen-bond acceptors (Lipinski definition) is 9. The molecule has 0 radical (unpaired) electrons. The van der Waals surface area contributed by atoms with Crippen LogP contribution in [0.2, 0.25) is 0 Å². The summed E-state index contributed by atoms with van der Waals surface area (Å²) >= 11 is 0. The van der Waals surface area contributed by atoms with Crippen molar-refractivity contribution in [3.8, 4) is 34.5 Å². The number of ether oxygens (including phenoxy) is 2. The number of phenols is 5. The monoisotopic (exact) mass is 352 g/mol. The van der Waals surface area contributed by atoms with Crippen LogP contribution in [-0.4, -0.2) is 52.0 Å². The summed E-state index contributed by atoms with van der Waals surface area (Å²) in [5, 5.41) is 45.0. The van der Waals surface area contributed by atoms with Gasteiger partial charge in [-0.05, 0) is 24.3 Å². The predicted molar refractivity (Wildman–Crippen MR) is 84.5 cm³/mol. The highest BCUT2D eigenvalue weighted by molar-refractivity contribution is 5.91. The summed E-state index contributed by atoms with van der Waals surface area (Å²) in [4.78, 5) is 21.2. The molecule has 0 heterocycles. The first-order valence-corrected chi connectivity index (χ1v) is 6.63. The Bertz CT molecular complexity index is 760. The lowest BCUT2D eigenvalue weighted by molar-refractivity contribution is 0.0599. The van der Waals surface area contributed by atoms with Gasteiger partial charge in [-0.2, -0.15) is 0 Å². The molecular weight excluding hydrogens is 336 g/mol. The average molecular weight is 352 g/mol. The zero-order chi connectivity index (χ0) is 19.1. The van der Waals surface area contributed by atoms with Crippen molar-refractivity contribution in [1.82, 2.24) is 0 Å². The fraction of sp³-hybridized carbons (Fsp3) is 0.125. The molecule has 9 heteroatoms. The first-order chi connectivity index (χ1) is 11.7. The second-order valence-corrected chi connectivity index (χ2v) is 4.56. The molecule has 134 valence electrons.